The SMILES string of the molecule is CCn1c(CNC(=O)c2ccc(NC(=O)C3CC3C)cc2)nc2ccccc21. The zero-order valence-electron chi connectivity index (χ0n) is 16.1. The van der Waals surface area contributed by atoms with E-state index < -0.39 is 0 Å². The minimum atomic E-state index is -0.164. The molecule has 3 aromatic rings. The molecule has 144 valence electrons. The van der Waals surface area contributed by atoms with E-state index in [4.69, 9.17) is 0 Å². The Morgan fingerprint density at radius 2 is 1.86 bits per heavy atom. The van der Waals surface area contributed by atoms with Gasteiger partial charge in [-0.15, -0.1) is 0 Å². The number of hydrogen-bond acceptors (Lipinski definition) is 3. The fourth-order valence-electron chi connectivity index (χ4n) is 3.50. The van der Waals surface area contributed by atoms with Crippen molar-refractivity contribution in [3.63, 3.8) is 0 Å². The van der Waals surface area contributed by atoms with Gasteiger partial charge >= 0.3 is 0 Å². The van der Waals surface area contributed by atoms with Crippen molar-refractivity contribution >= 4 is 28.5 Å². The molecule has 4 rings (SSSR count). The van der Waals surface area contributed by atoms with Crippen molar-refractivity contribution in [1.29, 1.82) is 0 Å². The number of fused-ring (bicyclic) bond motifs is 1. The zero-order chi connectivity index (χ0) is 19.7. The first-order valence-electron chi connectivity index (χ1n) is 9.70. The quantitative estimate of drug-likeness (QED) is 0.690. The molecule has 0 saturated heterocycles. The molecule has 2 aromatic carbocycles. The van der Waals surface area contributed by atoms with E-state index in [1.165, 1.54) is 0 Å². The maximum atomic E-state index is 12.5. The van der Waals surface area contributed by atoms with Crippen molar-refractivity contribution in [3.8, 4) is 0 Å². The number of benzene rings is 2. The lowest BCUT2D eigenvalue weighted by atomic mass is 10.2. The molecule has 1 aliphatic carbocycles. The first-order valence-corrected chi connectivity index (χ1v) is 9.70. The molecule has 0 radical (unpaired) electrons. The number of carbonyl (C=O) groups is 2. The molecule has 0 bridgehead atoms. The first-order chi connectivity index (χ1) is 13.6. The molecule has 1 fully saturated rings. The number of para-hydroxylation sites is 2. The topological polar surface area (TPSA) is 76.0 Å². The van der Waals surface area contributed by atoms with E-state index in [1.54, 1.807) is 24.3 Å². The highest BCUT2D eigenvalue weighted by Gasteiger charge is 2.39. The number of anilines is 1. The summed E-state index contributed by atoms with van der Waals surface area (Å²) in [5.41, 5.74) is 3.27. The molecule has 1 saturated carbocycles. The van der Waals surface area contributed by atoms with Crippen LogP contribution in [0.4, 0.5) is 5.69 Å². The van der Waals surface area contributed by atoms with Gasteiger partial charge < -0.3 is 15.2 Å². The number of nitrogens with one attached hydrogen (secondary N) is 2. The summed E-state index contributed by atoms with van der Waals surface area (Å²) >= 11 is 0. The van der Waals surface area contributed by atoms with Crippen LogP contribution in [-0.2, 0) is 17.9 Å². The number of aromatic nitrogens is 2. The van der Waals surface area contributed by atoms with Crippen LogP contribution in [0.2, 0.25) is 0 Å². The van der Waals surface area contributed by atoms with Crippen LogP contribution >= 0.6 is 0 Å². The van der Waals surface area contributed by atoms with Crippen molar-refractivity contribution in [2.24, 2.45) is 11.8 Å². The molecule has 0 spiro atoms. The summed E-state index contributed by atoms with van der Waals surface area (Å²) in [6.45, 7) is 5.29. The molecule has 2 amide bonds. The molecule has 2 unspecified atom stereocenters. The summed E-state index contributed by atoms with van der Waals surface area (Å²) in [5.74, 6) is 1.32. The van der Waals surface area contributed by atoms with Gasteiger partial charge in [0.15, 0.2) is 0 Å². The number of amides is 2. The van der Waals surface area contributed by atoms with Crippen LogP contribution in [0.3, 0.4) is 0 Å². The third-order valence-corrected chi connectivity index (χ3v) is 5.32. The van der Waals surface area contributed by atoms with E-state index in [-0.39, 0.29) is 17.7 Å². The monoisotopic (exact) mass is 376 g/mol. The van der Waals surface area contributed by atoms with Gasteiger partial charge in [-0.3, -0.25) is 9.59 Å². The molecule has 0 aliphatic heterocycles. The van der Waals surface area contributed by atoms with Gasteiger partial charge in [0.05, 0.1) is 17.6 Å². The standard InChI is InChI=1S/C22H24N4O2/c1-3-26-19-7-5-4-6-18(19)25-20(26)13-23-21(27)15-8-10-16(11-9-15)24-22(28)17-12-14(17)2/h4-11,14,17H,3,12-13H2,1-2H3,(H,23,27)(H,24,28). The predicted octanol–water partition coefficient (Wildman–Crippen LogP) is 3.58. The average molecular weight is 376 g/mol. The minimum absolute atomic E-state index is 0.0585. The fourth-order valence-corrected chi connectivity index (χ4v) is 3.50. The molecule has 6 nitrogen and oxygen atoms in total. The van der Waals surface area contributed by atoms with Crippen LogP contribution in [0.1, 0.15) is 36.5 Å². The third kappa shape index (κ3) is 3.63. The number of aryl methyl sites for hydroxylation is 1. The van der Waals surface area contributed by atoms with Crippen LogP contribution in [0.15, 0.2) is 48.5 Å². The molecule has 6 heteroatoms. The average Bonchev–Trinajstić information content (AvgIpc) is 3.33. The highest BCUT2D eigenvalue weighted by molar-refractivity contribution is 5.97. The second kappa shape index (κ2) is 7.46. The lowest BCUT2D eigenvalue weighted by Crippen LogP contribution is -2.24. The molecular formula is C22H24N4O2. The van der Waals surface area contributed by atoms with Crippen molar-refractivity contribution in [3.05, 3.63) is 59.9 Å². The van der Waals surface area contributed by atoms with Gasteiger partial charge in [0, 0.05) is 23.7 Å². The molecule has 28 heavy (non-hydrogen) atoms. The smallest absolute Gasteiger partial charge is 0.251 e. The van der Waals surface area contributed by atoms with Gasteiger partial charge in [-0.05, 0) is 55.7 Å². The molecule has 2 atom stereocenters. The van der Waals surface area contributed by atoms with Crippen molar-refractivity contribution in [2.45, 2.75) is 33.4 Å². The lowest BCUT2D eigenvalue weighted by Gasteiger charge is -2.09. The Morgan fingerprint density at radius 1 is 1.14 bits per heavy atom. The number of carbonyl (C=O) groups excluding carboxylic acids is 2. The summed E-state index contributed by atoms with van der Waals surface area (Å²) in [4.78, 5) is 29.1. The molecule has 1 aromatic heterocycles. The second-order valence-electron chi connectivity index (χ2n) is 7.33. The van der Waals surface area contributed by atoms with Crippen LogP contribution in [0.5, 0.6) is 0 Å². The van der Waals surface area contributed by atoms with Crippen molar-refractivity contribution in [2.75, 3.05) is 5.32 Å². The summed E-state index contributed by atoms with van der Waals surface area (Å²) in [5, 5.41) is 5.84. The molecule has 1 heterocycles. The maximum absolute atomic E-state index is 12.5. The summed E-state index contributed by atoms with van der Waals surface area (Å²) in [7, 11) is 0. The van der Waals surface area contributed by atoms with E-state index in [2.05, 4.69) is 34.0 Å². The third-order valence-electron chi connectivity index (χ3n) is 5.32. The highest BCUT2D eigenvalue weighted by atomic mass is 16.2. The largest absolute Gasteiger partial charge is 0.345 e. The number of rotatable bonds is 6. The molecule has 1 aliphatic rings. The first kappa shape index (κ1) is 18.2. The van der Waals surface area contributed by atoms with Crippen LogP contribution in [0.25, 0.3) is 11.0 Å². The van der Waals surface area contributed by atoms with Gasteiger partial charge in [0.2, 0.25) is 5.91 Å². The van der Waals surface area contributed by atoms with Crippen LogP contribution in [-0.4, -0.2) is 21.4 Å². The van der Waals surface area contributed by atoms with Gasteiger partial charge in [-0.2, -0.15) is 0 Å². The van der Waals surface area contributed by atoms with Crippen LogP contribution in [0, 0.1) is 11.8 Å². The van der Waals surface area contributed by atoms with Gasteiger partial charge in [-0.25, -0.2) is 4.98 Å². The molecule has 2 N–H and O–H groups in total. The second-order valence-corrected chi connectivity index (χ2v) is 7.33. The summed E-state index contributed by atoms with van der Waals surface area (Å²) in [6, 6.07) is 14.9. The van der Waals surface area contributed by atoms with Gasteiger partial charge in [0.25, 0.3) is 5.91 Å². The number of nitrogens with zero attached hydrogens (tertiary/aromatic N) is 2. The van der Waals surface area contributed by atoms with Gasteiger partial charge in [0.1, 0.15) is 5.82 Å². The lowest BCUT2D eigenvalue weighted by molar-refractivity contribution is -0.117. The van der Waals surface area contributed by atoms with Gasteiger partial charge in [-0.1, -0.05) is 19.1 Å². The predicted molar refractivity (Wildman–Crippen MR) is 109 cm³/mol. The summed E-state index contributed by atoms with van der Waals surface area (Å²) in [6.07, 6.45) is 0.953. The fraction of sp³-hybridized carbons (Fsp3) is 0.318. The number of imidazole rings is 1. The Balaban J connectivity index is 1.39. The Hall–Kier alpha value is -3.15. The number of hydrogen-bond donors (Lipinski definition) is 2. The van der Waals surface area contributed by atoms with E-state index in [0.29, 0.717) is 23.7 Å². The normalized spacial score (nSPS) is 18.1. The maximum Gasteiger partial charge on any atom is 0.251 e. The van der Waals surface area contributed by atoms with E-state index in [0.717, 1.165) is 29.8 Å². The van der Waals surface area contributed by atoms with Crippen molar-refractivity contribution < 1.29 is 9.59 Å². The highest BCUT2D eigenvalue weighted by Crippen LogP contribution is 2.38. The van der Waals surface area contributed by atoms with E-state index >= 15 is 0 Å². The Bertz CT molecular complexity index is 1020. The Kier molecular flexibility index (Phi) is 4.86. The van der Waals surface area contributed by atoms with E-state index in [9.17, 15) is 9.59 Å². The Labute approximate surface area is 164 Å². The Morgan fingerprint density at radius 3 is 2.54 bits per heavy atom. The summed E-state index contributed by atoms with van der Waals surface area (Å²) < 4.78 is 2.10. The minimum Gasteiger partial charge on any atom is -0.345 e. The van der Waals surface area contributed by atoms with E-state index in [1.807, 2.05) is 24.3 Å². The van der Waals surface area contributed by atoms with Crippen LogP contribution < -0.4 is 10.6 Å². The zero-order valence-corrected chi connectivity index (χ0v) is 16.1. The van der Waals surface area contributed by atoms with Crippen molar-refractivity contribution in [1.82, 2.24) is 14.9 Å². The molecular weight excluding hydrogens is 352 g/mol.